The molecule has 4 heterocycles. The molecule has 1 amide bonds. The number of rotatable bonds is 4. The van der Waals surface area contributed by atoms with Gasteiger partial charge in [0.05, 0.1) is 17.2 Å². The Balaban J connectivity index is 1.37. The first-order chi connectivity index (χ1) is 15.8. The Bertz CT molecular complexity index is 1180. The second kappa shape index (κ2) is 8.09. The number of fused-ring (bicyclic) bond motifs is 2. The number of aromatic nitrogens is 3. The van der Waals surface area contributed by atoms with E-state index in [0.29, 0.717) is 12.4 Å². The van der Waals surface area contributed by atoms with E-state index >= 15 is 0 Å². The lowest BCUT2D eigenvalue weighted by molar-refractivity contribution is -0.137. The minimum atomic E-state index is -4.45. The van der Waals surface area contributed by atoms with Crippen LogP contribution in [-0.4, -0.2) is 44.4 Å². The van der Waals surface area contributed by atoms with Crippen molar-refractivity contribution >= 4 is 11.7 Å². The normalized spacial score (nSPS) is 21.9. The van der Waals surface area contributed by atoms with Crippen LogP contribution in [0.25, 0.3) is 11.4 Å². The molecule has 0 spiro atoms. The lowest BCUT2D eigenvalue weighted by Gasteiger charge is -2.34. The second-order valence-electron chi connectivity index (χ2n) is 8.28. The number of alkyl halides is 3. The summed E-state index contributed by atoms with van der Waals surface area (Å²) in [5.41, 5.74) is -0.371. The SMILES string of the molecule is O=C(c1cccnc1-c1ncccc1F)N1C[C@H]2C[C@@H](Nc3ccc(C(F)(F)F)cn3)[C@@H]1C2. The lowest BCUT2D eigenvalue weighted by atomic mass is 10.0. The highest BCUT2D eigenvalue weighted by Gasteiger charge is 2.47. The molecule has 10 heteroatoms. The minimum Gasteiger partial charge on any atom is -0.365 e. The molecule has 1 saturated heterocycles. The summed E-state index contributed by atoms with van der Waals surface area (Å²) in [6.07, 6.45) is 0.828. The van der Waals surface area contributed by atoms with Crippen LogP contribution in [0.5, 0.6) is 0 Å². The molecule has 2 aliphatic rings. The van der Waals surface area contributed by atoms with Gasteiger partial charge in [0, 0.05) is 31.2 Å². The summed E-state index contributed by atoms with van der Waals surface area (Å²) >= 11 is 0. The van der Waals surface area contributed by atoms with Gasteiger partial charge in [-0.2, -0.15) is 13.2 Å². The predicted molar refractivity (Wildman–Crippen MR) is 112 cm³/mol. The van der Waals surface area contributed by atoms with Gasteiger partial charge in [0.2, 0.25) is 0 Å². The van der Waals surface area contributed by atoms with Gasteiger partial charge in [-0.15, -0.1) is 0 Å². The molecule has 3 atom stereocenters. The van der Waals surface area contributed by atoms with E-state index in [4.69, 9.17) is 0 Å². The van der Waals surface area contributed by atoms with E-state index in [-0.39, 0.29) is 40.9 Å². The van der Waals surface area contributed by atoms with Crippen LogP contribution >= 0.6 is 0 Å². The fraction of sp³-hybridized carbons (Fsp3) is 0.304. The van der Waals surface area contributed by atoms with Crippen LogP contribution in [0.1, 0.15) is 28.8 Å². The van der Waals surface area contributed by atoms with Crippen molar-refractivity contribution in [1.82, 2.24) is 19.9 Å². The van der Waals surface area contributed by atoms with Gasteiger partial charge in [-0.25, -0.2) is 9.37 Å². The molecule has 3 aromatic rings. The molecule has 1 aliphatic carbocycles. The van der Waals surface area contributed by atoms with Gasteiger partial charge in [-0.1, -0.05) is 0 Å². The van der Waals surface area contributed by atoms with Crippen LogP contribution in [0, 0.1) is 11.7 Å². The summed E-state index contributed by atoms with van der Waals surface area (Å²) in [6.45, 7) is 0.557. The maximum atomic E-state index is 14.3. The van der Waals surface area contributed by atoms with Crippen molar-refractivity contribution in [2.24, 2.45) is 5.92 Å². The highest BCUT2D eigenvalue weighted by molar-refractivity contribution is 6.00. The molecule has 6 nitrogen and oxygen atoms in total. The van der Waals surface area contributed by atoms with Crippen molar-refractivity contribution in [1.29, 1.82) is 0 Å². The van der Waals surface area contributed by atoms with Crippen LogP contribution in [0.2, 0.25) is 0 Å². The molecule has 3 aromatic heterocycles. The van der Waals surface area contributed by atoms with Gasteiger partial charge in [0.1, 0.15) is 17.2 Å². The molecule has 170 valence electrons. The average molecular weight is 457 g/mol. The number of anilines is 1. The zero-order valence-electron chi connectivity index (χ0n) is 17.3. The zero-order chi connectivity index (χ0) is 23.2. The van der Waals surface area contributed by atoms with Crippen molar-refractivity contribution < 1.29 is 22.4 Å². The third-order valence-electron chi connectivity index (χ3n) is 6.19. The zero-order valence-corrected chi connectivity index (χ0v) is 17.3. The predicted octanol–water partition coefficient (Wildman–Crippen LogP) is 4.41. The fourth-order valence-electron chi connectivity index (χ4n) is 4.73. The Morgan fingerprint density at radius 3 is 2.42 bits per heavy atom. The van der Waals surface area contributed by atoms with Crippen LogP contribution in [0.15, 0.2) is 55.0 Å². The number of halogens is 4. The van der Waals surface area contributed by atoms with Gasteiger partial charge in [-0.3, -0.25) is 14.8 Å². The molecule has 1 saturated carbocycles. The maximum Gasteiger partial charge on any atom is 0.417 e. The van der Waals surface area contributed by atoms with Crippen molar-refractivity contribution in [3.05, 3.63) is 71.9 Å². The summed E-state index contributed by atoms with van der Waals surface area (Å²) in [5.74, 6) is -0.258. The lowest BCUT2D eigenvalue weighted by Crippen LogP contribution is -2.48. The third kappa shape index (κ3) is 4.01. The summed E-state index contributed by atoms with van der Waals surface area (Å²) in [7, 11) is 0. The number of hydrogen-bond donors (Lipinski definition) is 1. The number of nitrogens with one attached hydrogen (secondary N) is 1. The van der Waals surface area contributed by atoms with Crippen LogP contribution in [0.4, 0.5) is 23.4 Å². The number of amides is 1. The van der Waals surface area contributed by atoms with Crippen molar-refractivity contribution in [3.63, 3.8) is 0 Å². The molecular formula is C23H19F4N5O. The Morgan fingerprint density at radius 2 is 1.76 bits per heavy atom. The third-order valence-corrected chi connectivity index (χ3v) is 6.19. The van der Waals surface area contributed by atoms with E-state index in [1.165, 1.54) is 30.6 Å². The van der Waals surface area contributed by atoms with Gasteiger partial charge < -0.3 is 10.2 Å². The maximum absolute atomic E-state index is 14.3. The molecule has 2 fully saturated rings. The monoisotopic (exact) mass is 457 g/mol. The van der Waals surface area contributed by atoms with Gasteiger partial charge >= 0.3 is 6.18 Å². The summed E-state index contributed by atoms with van der Waals surface area (Å²) in [4.78, 5) is 27.3. The van der Waals surface area contributed by atoms with Crippen LogP contribution < -0.4 is 5.32 Å². The first-order valence-corrected chi connectivity index (χ1v) is 10.5. The quantitative estimate of drug-likeness (QED) is 0.588. The first kappa shape index (κ1) is 21.3. The van der Waals surface area contributed by atoms with Crippen LogP contribution in [-0.2, 0) is 6.18 Å². The number of pyridine rings is 3. The van der Waals surface area contributed by atoms with E-state index in [1.54, 1.807) is 17.0 Å². The van der Waals surface area contributed by atoms with E-state index in [2.05, 4.69) is 20.3 Å². The van der Waals surface area contributed by atoms with E-state index in [0.717, 1.165) is 25.1 Å². The summed E-state index contributed by atoms with van der Waals surface area (Å²) < 4.78 is 52.7. The number of carbonyl (C=O) groups is 1. The molecule has 33 heavy (non-hydrogen) atoms. The number of hydrogen-bond acceptors (Lipinski definition) is 5. The van der Waals surface area contributed by atoms with E-state index in [9.17, 15) is 22.4 Å². The first-order valence-electron chi connectivity index (χ1n) is 10.5. The summed E-state index contributed by atoms with van der Waals surface area (Å²) in [5, 5.41) is 3.18. The standard InChI is InChI=1S/C23H19F4N5O/c24-16-4-2-8-29-21(16)20-15(3-1-7-28-20)22(33)32-12-13-9-17(18(32)10-13)31-19-6-5-14(11-30-19)23(25,26)27/h1-8,11,13,17-18H,9-10,12H2,(H,30,31)/t13-,17+,18-/m0/s1. The Morgan fingerprint density at radius 1 is 1.00 bits per heavy atom. The van der Waals surface area contributed by atoms with E-state index < -0.39 is 17.6 Å². The number of carbonyl (C=O) groups excluding carboxylic acids is 1. The molecule has 1 aliphatic heterocycles. The van der Waals surface area contributed by atoms with Crippen molar-refractivity contribution in [2.45, 2.75) is 31.1 Å². The van der Waals surface area contributed by atoms with E-state index in [1.807, 2.05) is 0 Å². The molecule has 0 unspecified atom stereocenters. The van der Waals surface area contributed by atoms with Gasteiger partial charge in [0.25, 0.3) is 5.91 Å². The largest absolute Gasteiger partial charge is 0.417 e. The second-order valence-corrected chi connectivity index (χ2v) is 8.28. The topological polar surface area (TPSA) is 71.0 Å². The van der Waals surface area contributed by atoms with Crippen molar-refractivity contribution in [3.8, 4) is 11.4 Å². The minimum absolute atomic E-state index is 0.00874. The molecule has 5 rings (SSSR count). The highest BCUT2D eigenvalue weighted by Crippen LogP contribution is 2.40. The molecule has 2 bridgehead atoms. The Labute approximate surface area is 186 Å². The van der Waals surface area contributed by atoms with Gasteiger partial charge in [0.15, 0.2) is 5.82 Å². The average Bonchev–Trinajstić information content (AvgIpc) is 3.39. The molecule has 0 radical (unpaired) electrons. The number of piperidine rings is 1. The molecular weight excluding hydrogens is 438 g/mol. The Hall–Kier alpha value is -3.56. The Kier molecular flexibility index (Phi) is 5.22. The molecule has 1 N–H and O–H groups in total. The number of likely N-dealkylation sites (tertiary alicyclic amines) is 1. The fourth-order valence-corrected chi connectivity index (χ4v) is 4.73. The van der Waals surface area contributed by atoms with Crippen molar-refractivity contribution in [2.75, 3.05) is 11.9 Å². The molecule has 0 aromatic carbocycles. The van der Waals surface area contributed by atoms with Gasteiger partial charge in [-0.05, 0) is 55.2 Å². The smallest absolute Gasteiger partial charge is 0.365 e. The summed E-state index contributed by atoms with van der Waals surface area (Å²) in [6, 6.07) is 7.92. The number of nitrogens with zero attached hydrogens (tertiary/aromatic N) is 4. The van der Waals surface area contributed by atoms with Crippen LogP contribution in [0.3, 0.4) is 0 Å². The highest BCUT2D eigenvalue weighted by atomic mass is 19.4.